The van der Waals surface area contributed by atoms with Gasteiger partial charge in [-0.1, -0.05) is 0 Å². The van der Waals surface area contributed by atoms with Gasteiger partial charge in [0.1, 0.15) is 5.75 Å². The van der Waals surface area contributed by atoms with E-state index in [0.29, 0.717) is 16.9 Å². The number of ketones is 1. The van der Waals surface area contributed by atoms with Crippen molar-refractivity contribution in [1.82, 2.24) is 0 Å². The smallest absolute Gasteiger partial charge is 0.323 e. The molecule has 0 saturated heterocycles. The Morgan fingerprint density at radius 2 is 1.30 bits per heavy atom. The Morgan fingerprint density at radius 3 is 1.75 bits per heavy atom. The highest BCUT2D eigenvalue weighted by Crippen LogP contribution is 2.15. The fourth-order valence-corrected chi connectivity index (χ4v) is 1.63. The highest BCUT2D eigenvalue weighted by molar-refractivity contribution is 6.00. The fourth-order valence-electron chi connectivity index (χ4n) is 1.63. The number of amides is 2. The van der Waals surface area contributed by atoms with E-state index < -0.39 is 6.03 Å². The lowest BCUT2D eigenvalue weighted by Gasteiger charge is -2.08. The Morgan fingerprint density at radius 1 is 0.850 bits per heavy atom. The first kappa shape index (κ1) is 13.6. The van der Waals surface area contributed by atoms with Crippen LogP contribution in [0.3, 0.4) is 0 Å². The van der Waals surface area contributed by atoms with Gasteiger partial charge in [0.15, 0.2) is 5.78 Å². The quantitative estimate of drug-likeness (QED) is 0.591. The van der Waals surface area contributed by atoms with Crippen molar-refractivity contribution in [3.8, 4) is 5.75 Å². The average molecular weight is 270 g/mol. The number of Topliss-reactive ketones (excluding diaryl/α,β-unsaturated/α-hetero) is 1. The molecule has 0 aromatic heterocycles. The van der Waals surface area contributed by atoms with Gasteiger partial charge < -0.3 is 15.7 Å². The first-order valence-electron chi connectivity index (χ1n) is 6.02. The number of phenolic OH excluding ortho intramolecular Hbond substituents is 1. The van der Waals surface area contributed by atoms with Gasteiger partial charge in [0.2, 0.25) is 0 Å². The first-order chi connectivity index (χ1) is 9.54. The standard InChI is InChI=1S/C15H14N2O3/c1-10(18)11-2-4-12(5-3-11)16-15(20)17-13-6-8-14(19)9-7-13/h2-9,19H,1H3,(H2,16,17,20). The number of phenols is 1. The molecule has 20 heavy (non-hydrogen) atoms. The summed E-state index contributed by atoms with van der Waals surface area (Å²) in [5.74, 6) is 0.112. The maximum atomic E-state index is 11.7. The van der Waals surface area contributed by atoms with Crippen molar-refractivity contribution < 1.29 is 14.7 Å². The lowest BCUT2D eigenvalue weighted by Crippen LogP contribution is -2.19. The van der Waals surface area contributed by atoms with Gasteiger partial charge >= 0.3 is 6.03 Å². The van der Waals surface area contributed by atoms with Gasteiger partial charge in [-0.25, -0.2) is 4.79 Å². The molecule has 102 valence electrons. The molecule has 0 aliphatic rings. The van der Waals surface area contributed by atoms with E-state index in [0.717, 1.165) is 0 Å². The number of nitrogens with one attached hydrogen (secondary N) is 2. The number of aromatic hydroxyl groups is 1. The highest BCUT2D eigenvalue weighted by atomic mass is 16.3. The van der Waals surface area contributed by atoms with E-state index in [1.54, 1.807) is 36.4 Å². The van der Waals surface area contributed by atoms with Crippen LogP contribution in [0.2, 0.25) is 0 Å². The molecule has 3 N–H and O–H groups in total. The van der Waals surface area contributed by atoms with Crippen LogP contribution in [-0.4, -0.2) is 16.9 Å². The van der Waals surface area contributed by atoms with Gasteiger partial charge in [-0.3, -0.25) is 4.79 Å². The summed E-state index contributed by atoms with van der Waals surface area (Å²) in [5.41, 5.74) is 1.75. The summed E-state index contributed by atoms with van der Waals surface area (Å²) in [6.07, 6.45) is 0. The maximum absolute atomic E-state index is 11.7. The van der Waals surface area contributed by atoms with Crippen LogP contribution < -0.4 is 10.6 Å². The molecule has 0 spiro atoms. The number of carbonyl (C=O) groups is 2. The monoisotopic (exact) mass is 270 g/mol. The zero-order valence-corrected chi connectivity index (χ0v) is 10.9. The minimum atomic E-state index is -0.397. The van der Waals surface area contributed by atoms with Crippen LogP contribution in [0.1, 0.15) is 17.3 Å². The second-order valence-electron chi connectivity index (χ2n) is 4.26. The molecular weight excluding hydrogens is 256 g/mol. The molecule has 2 aromatic rings. The Balaban J connectivity index is 1.97. The van der Waals surface area contributed by atoms with Gasteiger partial charge in [-0.2, -0.15) is 0 Å². The first-order valence-corrected chi connectivity index (χ1v) is 6.02. The molecular formula is C15H14N2O3. The number of rotatable bonds is 3. The second-order valence-corrected chi connectivity index (χ2v) is 4.26. The highest BCUT2D eigenvalue weighted by Gasteiger charge is 2.04. The molecule has 0 saturated carbocycles. The van der Waals surface area contributed by atoms with Gasteiger partial charge in [0, 0.05) is 16.9 Å². The summed E-state index contributed by atoms with van der Waals surface area (Å²) in [6.45, 7) is 1.49. The number of urea groups is 1. The molecule has 0 bridgehead atoms. The second kappa shape index (κ2) is 5.88. The van der Waals surface area contributed by atoms with Crippen LogP contribution in [0.5, 0.6) is 5.75 Å². The fraction of sp³-hybridized carbons (Fsp3) is 0.0667. The molecule has 0 unspecified atom stereocenters. The SMILES string of the molecule is CC(=O)c1ccc(NC(=O)Nc2ccc(O)cc2)cc1. The summed E-state index contributed by atoms with van der Waals surface area (Å²) < 4.78 is 0. The Kier molecular flexibility index (Phi) is 4.00. The third-order valence-electron chi connectivity index (χ3n) is 2.67. The van der Waals surface area contributed by atoms with E-state index in [-0.39, 0.29) is 11.5 Å². The van der Waals surface area contributed by atoms with Crippen LogP contribution in [0.15, 0.2) is 48.5 Å². The lowest BCUT2D eigenvalue weighted by atomic mass is 10.1. The predicted molar refractivity (Wildman–Crippen MR) is 77.2 cm³/mol. The van der Waals surface area contributed by atoms with Crippen molar-refractivity contribution in [2.24, 2.45) is 0 Å². The Hall–Kier alpha value is -2.82. The van der Waals surface area contributed by atoms with Gasteiger partial charge in [0.05, 0.1) is 0 Å². The van der Waals surface area contributed by atoms with Crippen molar-refractivity contribution in [3.05, 3.63) is 54.1 Å². The summed E-state index contributed by atoms with van der Waals surface area (Å²) in [6, 6.07) is 12.4. The lowest BCUT2D eigenvalue weighted by molar-refractivity contribution is 0.101. The molecule has 0 radical (unpaired) electrons. The molecule has 5 nitrogen and oxygen atoms in total. The van der Waals surface area contributed by atoms with Crippen molar-refractivity contribution in [1.29, 1.82) is 0 Å². The maximum Gasteiger partial charge on any atom is 0.323 e. The van der Waals surface area contributed by atoms with Crippen LogP contribution in [0.4, 0.5) is 16.2 Å². The molecule has 0 atom stereocenters. The minimum absolute atomic E-state index is 0.0231. The summed E-state index contributed by atoms with van der Waals surface area (Å²) in [4.78, 5) is 22.9. The number of hydrogen-bond acceptors (Lipinski definition) is 3. The number of benzene rings is 2. The van der Waals surface area contributed by atoms with Gasteiger partial charge in [-0.15, -0.1) is 0 Å². The van der Waals surface area contributed by atoms with Crippen molar-refractivity contribution in [2.45, 2.75) is 6.92 Å². The Bertz CT molecular complexity index is 619. The zero-order valence-electron chi connectivity index (χ0n) is 10.9. The topological polar surface area (TPSA) is 78.4 Å². The summed E-state index contributed by atoms with van der Waals surface area (Å²) in [7, 11) is 0. The molecule has 0 aliphatic carbocycles. The van der Waals surface area contributed by atoms with Crippen LogP contribution in [0, 0.1) is 0 Å². The van der Waals surface area contributed by atoms with Gasteiger partial charge in [-0.05, 0) is 55.5 Å². The molecule has 0 heterocycles. The van der Waals surface area contributed by atoms with Crippen LogP contribution in [-0.2, 0) is 0 Å². The average Bonchev–Trinajstić information content (AvgIpc) is 2.42. The van der Waals surface area contributed by atoms with Crippen LogP contribution >= 0.6 is 0 Å². The molecule has 2 rings (SSSR count). The van der Waals surface area contributed by atoms with E-state index in [4.69, 9.17) is 5.11 Å². The normalized spacial score (nSPS) is 9.85. The van der Waals surface area contributed by atoms with E-state index in [2.05, 4.69) is 10.6 Å². The summed E-state index contributed by atoms with van der Waals surface area (Å²) >= 11 is 0. The van der Waals surface area contributed by atoms with E-state index in [1.165, 1.54) is 19.1 Å². The molecule has 0 aliphatic heterocycles. The number of carbonyl (C=O) groups excluding carboxylic acids is 2. The number of hydrogen-bond donors (Lipinski definition) is 3. The molecule has 2 aromatic carbocycles. The van der Waals surface area contributed by atoms with Crippen molar-refractivity contribution in [2.75, 3.05) is 10.6 Å². The third kappa shape index (κ3) is 3.58. The van der Waals surface area contributed by atoms with Crippen LogP contribution in [0.25, 0.3) is 0 Å². The van der Waals surface area contributed by atoms with E-state index in [9.17, 15) is 9.59 Å². The Labute approximate surface area is 116 Å². The van der Waals surface area contributed by atoms with E-state index in [1.807, 2.05) is 0 Å². The zero-order chi connectivity index (χ0) is 14.5. The van der Waals surface area contributed by atoms with Crippen molar-refractivity contribution in [3.63, 3.8) is 0 Å². The molecule has 0 fully saturated rings. The summed E-state index contributed by atoms with van der Waals surface area (Å²) in [5, 5.41) is 14.4. The minimum Gasteiger partial charge on any atom is -0.508 e. The predicted octanol–water partition coefficient (Wildman–Crippen LogP) is 3.24. The molecule has 5 heteroatoms. The van der Waals surface area contributed by atoms with Gasteiger partial charge in [0.25, 0.3) is 0 Å². The van der Waals surface area contributed by atoms with Crippen molar-refractivity contribution >= 4 is 23.2 Å². The van der Waals surface area contributed by atoms with E-state index >= 15 is 0 Å². The third-order valence-corrected chi connectivity index (χ3v) is 2.67. The molecule has 2 amide bonds. The number of anilines is 2. The largest absolute Gasteiger partial charge is 0.508 e.